The van der Waals surface area contributed by atoms with E-state index in [1.165, 1.54) is 16.9 Å². The number of carbonyl (C=O) groups excluding carboxylic acids is 1. The topological polar surface area (TPSA) is 98.2 Å². The number of anilines is 2. The molecule has 0 unspecified atom stereocenters. The van der Waals surface area contributed by atoms with Gasteiger partial charge >= 0.3 is 0 Å². The van der Waals surface area contributed by atoms with E-state index >= 15 is 0 Å². The first kappa shape index (κ1) is 16.6. The number of carbonyl (C=O) groups is 1. The highest BCUT2D eigenvalue weighted by molar-refractivity contribution is 5.98. The molecule has 0 aliphatic heterocycles. The molecule has 0 aliphatic carbocycles. The number of amides is 1. The lowest BCUT2D eigenvalue weighted by Crippen LogP contribution is -2.17. The molecular weight excluding hydrogens is 347 g/mol. The van der Waals surface area contributed by atoms with Gasteiger partial charge in [0, 0.05) is 5.56 Å². The van der Waals surface area contributed by atoms with Gasteiger partial charge in [-0.15, -0.1) is 5.10 Å². The first-order valence-corrected chi connectivity index (χ1v) is 8.21. The quantitative estimate of drug-likeness (QED) is 0.582. The SMILES string of the molecule is Nc1ncn2nc(-c3ccccc3)nc2c1NC(=O)Cc1ccccc1F. The van der Waals surface area contributed by atoms with Crippen molar-refractivity contribution in [2.45, 2.75) is 6.42 Å². The Hall–Kier alpha value is -3.81. The first-order chi connectivity index (χ1) is 13.1. The van der Waals surface area contributed by atoms with Gasteiger partial charge < -0.3 is 11.1 Å². The van der Waals surface area contributed by atoms with Crippen molar-refractivity contribution >= 4 is 23.1 Å². The summed E-state index contributed by atoms with van der Waals surface area (Å²) < 4.78 is 15.2. The summed E-state index contributed by atoms with van der Waals surface area (Å²) in [4.78, 5) is 20.9. The predicted octanol–water partition coefficient (Wildman–Crippen LogP) is 2.69. The summed E-state index contributed by atoms with van der Waals surface area (Å²) in [6.45, 7) is 0. The average molecular weight is 362 g/mol. The van der Waals surface area contributed by atoms with Gasteiger partial charge in [-0.05, 0) is 11.6 Å². The predicted molar refractivity (Wildman–Crippen MR) is 99.4 cm³/mol. The second kappa shape index (κ2) is 6.83. The number of halogens is 1. The van der Waals surface area contributed by atoms with Crippen molar-refractivity contribution in [2.75, 3.05) is 11.1 Å². The number of hydrogen-bond donors (Lipinski definition) is 2. The molecule has 2 aromatic carbocycles. The molecule has 0 aliphatic rings. The van der Waals surface area contributed by atoms with E-state index in [1.807, 2.05) is 30.3 Å². The maximum atomic E-state index is 13.8. The summed E-state index contributed by atoms with van der Waals surface area (Å²) in [5.74, 6) is -0.277. The molecule has 4 rings (SSSR count). The molecule has 0 saturated carbocycles. The summed E-state index contributed by atoms with van der Waals surface area (Å²) in [6, 6.07) is 15.5. The molecule has 134 valence electrons. The molecule has 27 heavy (non-hydrogen) atoms. The van der Waals surface area contributed by atoms with Gasteiger partial charge in [-0.1, -0.05) is 48.5 Å². The first-order valence-electron chi connectivity index (χ1n) is 8.21. The Bertz CT molecular complexity index is 1130. The van der Waals surface area contributed by atoms with Gasteiger partial charge in [-0.3, -0.25) is 4.79 Å². The molecule has 0 saturated heterocycles. The molecule has 4 aromatic rings. The Labute approximate surface area is 153 Å². The Morgan fingerprint density at radius 2 is 1.85 bits per heavy atom. The molecular formula is C19H15FN6O. The van der Waals surface area contributed by atoms with E-state index in [1.54, 1.807) is 18.2 Å². The lowest BCUT2D eigenvalue weighted by Gasteiger charge is -2.08. The zero-order chi connectivity index (χ0) is 18.8. The Morgan fingerprint density at radius 3 is 2.63 bits per heavy atom. The Morgan fingerprint density at radius 1 is 1.11 bits per heavy atom. The van der Waals surface area contributed by atoms with Crippen molar-refractivity contribution in [3.05, 3.63) is 72.3 Å². The number of nitrogen functional groups attached to an aromatic ring is 1. The zero-order valence-electron chi connectivity index (χ0n) is 14.1. The third kappa shape index (κ3) is 3.32. The standard InChI is InChI=1S/C19H15FN6O/c20-14-9-5-4-8-13(14)10-15(27)23-16-17(21)22-11-26-19(16)24-18(25-26)12-6-2-1-3-7-12/h1-9,11H,10,21H2,(H,23,27). The normalized spacial score (nSPS) is 10.9. The summed E-state index contributed by atoms with van der Waals surface area (Å²) in [7, 11) is 0. The fourth-order valence-corrected chi connectivity index (χ4v) is 2.70. The van der Waals surface area contributed by atoms with Crippen LogP contribution in [0, 0.1) is 5.82 Å². The van der Waals surface area contributed by atoms with Gasteiger partial charge in [0.1, 0.15) is 17.8 Å². The van der Waals surface area contributed by atoms with E-state index in [0.717, 1.165) is 5.56 Å². The smallest absolute Gasteiger partial charge is 0.229 e. The number of benzene rings is 2. The minimum Gasteiger partial charge on any atom is -0.382 e. The summed E-state index contributed by atoms with van der Waals surface area (Å²) in [6.07, 6.45) is 1.30. The van der Waals surface area contributed by atoms with Crippen LogP contribution >= 0.6 is 0 Å². The van der Waals surface area contributed by atoms with E-state index in [9.17, 15) is 9.18 Å². The van der Waals surface area contributed by atoms with Crippen LogP contribution in [0.15, 0.2) is 60.9 Å². The van der Waals surface area contributed by atoms with E-state index in [0.29, 0.717) is 17.0 Å². The lowest BCUT2D eigenvalue weighted by molar-refractivity contribution is -0.115. The Kier molecular flexibility index (Phi) is 4.21. The molecule has 1 amide bonds. The van der Waals surface area contributed by atoms with Crippen molar-refractivity contribution < 1.29 is 9.18 Å². The number of nitrogens with one attached hydrogen (secondary N) is 1. The summed E-state index contributed by atoms with van der Waals surface area (Å²) >= 11 is 0. The second-order valence-corrected chi connectivity index (χ2v) is 5.89. The molecule has 0 bridgehead atoms. The number of hydrogen-bond acceptors (Lipinski definition) is 5. The van der Waals surface area contributed by atoms with Crippen molar-refractivity contribution in [1.29, 1.82) is 0 Å². The van der Waals surface area contributed by atoms with Gasteiger partial charge in [0.2, 0.25) is 5.91 Å². The third-order valence-corrected chi connectivity index (χ3v) is 4.02. The van der Waals surface area contributed by atoms with Gasteiger partial charge in [0.25, 0.3) is 0 Å². The van der Waals surface area contributed by atoms with Crippen LogP contribution in [0.5, 0.6) is 0 Å². The molecule has 2 aromatic heterocycles. The lowest BCUT2D eigenvalue weighted by atomic mass is 10.1. The largest absolute Gasteiger partial charge is 0.382 e. The zero-order valence-corrected chi connectivity index (χ0v) is 14.1. The molecule has 8 heteroatoms. The van der Waals surface area contributed by atoms with Gasteiger partial charge in [-0.2, -0.15) is 4.52 Å². The second-order valence-electron chi connectivity index (χ2n) is 5.89. The van der Waals surface area contributed by atoms with Crippen LogP contribution in [0.3, 0.4) is 0 Å². The number of aromatic nitrogens is 4. The monoisotopic (exact) mass is 362 g/mol. The molecule has 0 radical (unpaired) electrons. The highest BCUT2D eigenvalue weighted by Crippen LogP contribution is 2.24. The minimum atomic E-state index is -0.439. The van der Waals surface area contributed by atoms with Crippen LogP contribution in [0.4, 0.5) is 15.9 Å². The number of nitrogens with zero attached hydrogens (tertiary/aromatic N) is 4. The van der Waals surface area contributed by atoms with Crippen LogP contribution in [0.2, 0.25) is 0 Å². The van der Waals surface area contributed by atoms with Gasteiger partial charge in [0.05, 0.1) is 6.42 Å². The Balaban J connectivity index is 1.67. The van der Waals surface area contributed by atoms with Crippen LogP contribution in [-0.4, -0.2) is 25.5 Å². The average Bonchev–Trinajstić information content (AvgIpc) is 3.11. The van der Waals surface area contributed by atoms with Crippen molar-refractivity contribution in [1.82, 2.24) is 19.6 Å². The van der Waals surface area contributed by atoms with E-state index in [4.69, 9.17) is 5.73 Å². The molecule has 7 nitrogen and oxygen atoms in total. The number of rotatable bonds is 4. The maximum absolute atomic E-state index is 13.8. The fraction of sp³-hybridized carbons (Fsp3) is 0.0526. The van der Waals surface area contributed by atoms with Crippen molar-refractivity contribution in [2.24, 2.45) is 0 Å². The van der Waals surface area contributed by atoms with Crippen LogP contribution < -0.4 is 11.1 Å². The van der Waals surface area contributed by atoms with Gasteiger partial charge in [0.15, 0.2) is 17.3 Å². The summed E-state index contributed by atoms with van der Waals surface area (Å²) in [5, 5.41) is 7.04. The van der Waals surface area contributed by atoms with Crippen LogP contribution in [-0.2, 0) is 11.2 Å². The molecule has 2 heterocycles. The van der Waals surface area contributed by atoms with Crippen molar-refractivity contribution in [3.8, 4) is 11.4 Å². The highest BCUT2D eigenvalue weighted by atomic mass is 19.1. The van der Waals surface area contributed by atoms with E-state index in [-0.39, 0.29) is 17.9 Å². The molecule has 0 fully saturated rings. The van der Waals surface area contributed by atoms with Gasteiger partial charge in [-0.25, -0.2) is 14.4 Å². The molecule has 0 spiro atoms. The molecule has 0 atom stereocenters. The number of nitrogens with two attached hydrogens (primary N) is 1. The minimum absolute atomic E-state index is 0.108. The number of fused-ring (bicyclic) bond motifs is 1. The highest BCUT2D eigenvalue weighted by Gasteiger charge is 2.16. The van der Waals surface area contributed by atoms with Crippen LogP contribution in [0.1, 0.15) is 5.56 Å². The third-order valence-electron chi connectivity index (χ3n) is 4.02. The molecule has 3 N–H and O–H groups in total. The van der Waals surface area contributed by atoms with Crippen molar-refractivity contribution in [3.63, 3.8) is 0 Å². The van der Waals surface area contributed by atoms with E-state index in [2.05, 4.69) is 20.4 Å². The van der Waals surface area contributed by atoms with Crippen LogP contribution in [0.25, 0.3) is 17.0 Å². The van der Waals surface area contributed by atoms with E-state index < -0.39 is 11.7 Å². The summed E-state index contributed by atoms with van der Waals surface area (Å²) in [5.41, 5.74) is 7.65. The fourth-order valence-electron chi connectivity index (χ4n) is 2.70. The maximum Gasteiger partial charge on any atom is 0.229 e.